The highest BCUT2D eigenvalue weighted by Crippen LogP contribution is 2.26. The molecule has 98 valence electrons. The minimum Gasteiger partial charge on any atom is -0.465 e. The van der Waals surface area contributed by atoms with Crippen molar-refractivity contribution >= 4 is 29.1 Å². The predicted octanol–water partition coefficient (Wildman–Crippen LogP) is 2.00. The zero-order valence-corrected chi connectivity index (χ0v) is 11.3. The first kappa shape index (κ1) is 13.1. The second kappa shape index (κ2) is 6.00. The molecule has 0 aliphatic carbocycles. The summed E-state index contributed by atoms with van der Waals surface area (Å²) in [4.78, 5) is 14.0. The van der Waals surface area contributed by atoms with E-state index in [0.717, 1.165) is 31.0 Å². The summed E-state index contributed by atoms with van der Waals surface area (Å²) in [6.45, 7) is 1.93. The molecule has 1 aromatic rings. The van der Waals surface area contributed by atoms with E-state index in [1.807, 2.05) is 23.9 Å². The summed E-state index contributed by atoms with van der Waals surface area (Å²) in [6.07, 6.45) is 1.13. The van der Waals surface area contributed by atoms with Crippen LogP contribution in [0.1, 0.15) is 16.8 Å². The van der Waals surface area contributed by atoms with Gasteiger partial charge in [0, 0.05) is 24.5 Å². The average molecular weight is 266 g/mol. The van der Waals surface area contributed by atoms with Gasteiger partial charge in [0.1, 0.15) is 0 Å². The fourth-order valence-electron chi connectivity index (χ4n) is 2.09. The lowest BCUT2D eigenvalue weighted by Gasteiger charge is -2.24. The van der Waals surface area contributed by atoms with E-state index < -0.39 is 0 Å². The van der Waals surface area contributed by atoms with Crippen LogP contribution in [0.2, 0.25) is 0 Å². The van der Waals surface area contributed by atoms with Crippen LogP contribution in [0.4, 0.5) is 11.4 Å². The Morgan fingerprint density at radius 3 is 3.00 bits per heavy atom. The van der Waals surface area contributed by atoms with Crippen LogP contribution in [-0.2, 0) is 4.74 Å². The lowest BCUT2D eigenvalue weighted by Crippen LogP contribution is -2.27. The number of methoxy groups -OCH3 is 1. The van der Waals surface area contributed by atoms with Gasteiger partial charge in [-0.3, -0.25) is 0 Å². The van der Waals surface area contributed by atoms with Gasteiger partial charge in [-0.1, -0.05) is 0 Å². The van der Waals surface area contributed by atoms with E-state index in [0.29, 0.717) is 11.3 Å². The minimum atomic E-state index is -0.325. The summed E-state index contributed by atoms with van der Waals surface area (Å²) in [6, 6.07) is 5.44. The van der Waals surface area contributed by atoms with Crippen LogP contribution in [0.25, 0.3) is 0 Å². The number of rotatable bonds is 2. The predicted molar refractivity (Wildman–Crippen MR) is 76.3 cm³/mol. The van der Waals surface area contributed by atoms with Gasteiger partial charge in [-0.05, 0) is 30.4 Å². The largest absolute Gasteiger partial charge is 0.465 e. The van der Waals surface area contributed by atoms with Crippen molar-refractivity contribution in [2.45, 2.75) is 6.42 Å². The van der Waals surface area contributed by atoms with E-state index in [2.05, 4.69) is 4.90 Å². The van der Waals surface area contributed by atoms with E-state index >= 15 is 0 Å². The molecule has 0 saturated carbocycles. The summed E-state index contributed by atoms with van der Waals surface area (Å²) in [5.74, 6) is 1.94. The molecule has 0 amide bonds. The van der Waals surface area contributed by atoms with Gasteiger partial charge in [0.05, 0.1) is 18.4 Å². The van der Waals surface area contributed by atoms with E-state index in [9.17, 15) is 4.79 Å². The topological polar surface area (TPSA) is 55.6 Å². The summed E-state index contributed by atoms with van der Waals surface area (Å²) in [5.41, 5.74) is 7.83. The van der Waals surface area contributed by atoms with Crippen molar-refractivity contribution in [3.63, 3.8) is 0 Å². The van der Waals surface area contributed by atoms with Gasteiger partial charge in [-0.2, -0.15) is 11.8 Å². The van der Waals surface area contributed by atoms with Crippen molar-refractivity contribution in [1.29, 1.82) is 0 Å². The highest BCUT2D eigenvalue weighted by atomic mass is 32.2. The Bertz CT molecular complexity index is 429. The highest BCUT2D eigenvalue weighted by molar-refractivity contribution is 7.99. The molecule has 0 atom stereocenters. The molecule has 1 aliphatic rings. The number of anilines is 2. The number of nitrogens with two attached hydrogens (primary N) is 1. The lowest BCUT2D eigenvalue weighted by atomic mass is 10.1. The molecule has 1 aromatic carbocycles. The maximum Gasteiger partial charge on any atom is 0.340 e. The molecule has 0 spiro atoms. The van der Waals surface area contributed by atoms with Gasteiger partial charge in [0.25, 0.3) is 0 Å². The molecule has 0 aromatic heterocycles. The first-order valence-electron chi connectivity index (χ1n) is 6.03. The van der Waals surface area contributed by atoms with Gasteiger partial charge < -0.3 is 15.4 Å². The van der Waals surface area contributed by atoms with Crippen LogP contribution in [-0.4, -0.2) is 37.7 Å². The summed E-state index contributed by atoms with van der Waals surface area (Å²) in [7, 11) is 1.40. The summed E-state index contributed by atoms with van der Waals surface area (Å²) < 4.78 is 4.83. The minimum absolute atomic E-state index is 0.325. The van der Waals surface area contributed by atoms with Crippen LogP contribution in [0.15, 0.2) is 18.2 Å². The molecule has 4 nitrogen and oxygen atoms in total. The van der Waals surface area contributed by atoms with E-state index in [4.69, 9.17) is 10.5 Å². The number of ether oxygens (including phenoxy) is 1. The number of hydrogen-bond acceptors (Lipinski definition) is 5. The SMILES string of the molecule is COC(=O)c1cc(N)ccc1N1CCCSCC1. The van der Waals surface area contributed by atoms with E-state index in [1.165, 1.54) is 12.9 Å². The molecule has 2 rings (SSSR count). The second-order valence-electron chi connectivity index (χ2n) is 4.22. The number of nitrogens with zero attached hydrogens (tertiary/aromatic N) is 1. The molecule has 2 N–H and O–H groups in total. The third-order valence-electron chi connectivity index (χ3n) is 2.99. The van der Waals surface area contributed by atoms with Crippen LogP contribution < -0.4 is 10.6 Å². The second-order valence-corrected chi connectivity index (χ2v) is 5.45. The van der Waals surface area contributed by atoms with Gasteiger partial charge in [0.2, 0.25) is 0 Å². The number of thioether (sulfide) groups is 1. The summed E-state index contributed by atoms with van der Waals surface area (Å²) >= 11 is 1.95. The number of esters is 1. The standard InChI is InChI=1S/C13H18N2O2S/c1-17-13(16)11-9-10(14)3-4-12(11)15-5-2-7-18-8-6-15/h3-4,9H,2,5-8,14H2,1H3. The van der Waals surface area contributed by atoms with Crippen molar-refractivity contribution in [3.05, 3.63) is 23.8 Å². The van der Waals surface area contributed by atoms with Gasteiger partial charge in [-0.25, -0.2) is 4.79 Å². The molecule has 5 heteroatoms. The van der Waals surface area contributed by atoms with E-state index in [-0.39, 0.29) is 5.97 Å². The monoisotopic (exact) mass is 266 g/mol. The molecule has 1 heterocycles. The number of carbonyl (C=O) groups is 1. The normalized spacial score (nSPS) is 16.2. The van der Waals surface area contributed by atoms with Gasteiger partial charge in [-0.15, -0.1) is 0 Å². The first-order chi connectivity index (χ1) is 8.72. The fraction of sp³-hybridized carbons (Fsp3) is 0.462. The maximum absolute atomic E-state index is 11.8. The maximum atomic E-state index is 11.8. The Kier molecular flexibility index (Phi) is 4.36. The number of carbonyl (C=O) groups excluding carboxylic acids is 1. The van der Waals surface area contributed by atoms with Crippen LogP contribution in [0.3, 0.4) is 0 Å². The van der Waals surface area contributed by atoms with Gasteiger partial charge >= 0.3 is 5.97 Å². The fourth-order valence-corrected chi connectivity index (χ4v) is 2.98. The third-order valence-corrected chi connectivity index (χ3v) is 4.04. The number of nitrogen functional groups attached to an aromatic ring is 1. The summed E-state index contributed by atoms with van der Waals surface area (Å²) in [5, 5.41) is 0. The molecular formula is C13H18N2O2S. The smallest absolute Gasteiger partial charge is 0.340 e. The van der Waals surface area contributed by atoms with Crippen molar-refractivity contribution in [3.8, 4) is 0 Å². The highest BCUT2D eigenvalue weighted by Gasteiger charge is 2.18. The number of hydrogen-bond donors (Lipinski definition) is 1. The molecular weight excluding hydrogens is 248 g/mol. The van der Waals surface area contributed by atoms with Crippen molar-refractivity contribution in [2.24, 2.45) is 0 Å². The Balaban J connectivity index is 2.32. The molecule has 1 aliphatic heterocycles. The zero-order valence-electron chi connectivity index (χ0n) is 10.5. The lowest BCUT2D eigenvalue weighted by molar-refractivity contribution is 0.0601. The molecule has 0 radical (unpaired) electrons. The Morgan fingerprint density at radius 1 is 1.39 bits per heavy atom. The molecule has 0 bridgehead atoms. The Labute approximate surface area is 111 Å². The number of benzene rings is 1. The average Bonchev–Trinajstić information content (AvgIpc) is 2.66. The quantitative estimate of drug-likeness (QED) is 0.655. The molecule has 1 fully saturated rings. The third kappa shape index (κ3) is 2.90. The van der Waals surface area contributed by atoms with Crippen molar-refractivity contribution in [2.75, 3.05) is 42.3 Å². The van der Waals surface area contributed by atoms with Crippen molar-refractivity contribution < 1.29 is 9.53 Å². The van der Waals surface area contributed by atoms with Crippen LogP contribution in [0.5, 0.6) is 0 Å². The van der Waals surface area contributed by atoms with Crippen LogP contribution >= 0.6 is 11.8 Å². The Morgan fingerprint density at radius 2 is 2.22 bits per heavy atom. The Hall–Kier alpha value is -1.36. The molecule has 0 unspecified atom stereocenters. The zero-order chi connectivity index (χ0) is 13.0. The van der Waals surface area contributed by atoms with Gasteiger partial charge in [0.15, 0.2) is 0 Å². The van der Waals surface area contributed by atoms with E-state index in [1.54, 1.807) is 6.07 Å². The molecule has 18 heavy (non-hydrogen) atoms. The first-order valence-corrected chi connectivity index (χ1v) is 7.18. The van der Waals surface area contributed by atoms with Crippen LogP contribution in [0, 0.1) is 0 Å². The van der Waals surface area contributed by atoms with Crippen molar-refractivity contribution in [1.82, 2.24) is 0 Å². The molecule has 1 saturated heterocycles.